The third kappa shape index (κ3) is 3.36. The first kappa shape index (κ1) is 13.6. The van der Waals surface area contributed by atoms with Crippen LogP contribution >= 0.6 is 11.6 Å². The molecule has 0 bridgehead atoms. The molecule has 0 aliphatic rings. The van der Waals surface area contributed by atoms with Crippen LogP contribution in [0.15, 0.2) is 47.5 Å². The molecular formula is C12H11ClN2O3S. The van der Waals surface area contributed by atoms with Crippen LogP contribution in [-0.2, 0) is 10.0 Å². The average Bonchev–Trinajstić information content (AvgIpc) is 2.38. The van der Waals surface area contributed by atoms with Crippen LogP contribution in [0.5, 0.6) is 5.75 Å². The molecule has 1 heterocycles. The number of anilines is 1. The predicted octanol–water partition coefficient (Wildman–Crippen LogP) is 2.54. The van der Waals surface area contributed by atoms with E-state index in [0.29, 0.717) is 11.4 Å². The Labute approximate surface area is 116 Å². The van der Waals surface area contributed by atoms with Gasteiger partial charge in [0.2, 0.25) is 0 Å². The number of methoxy groups -OCH3 is 1. The Balaban J connectivity index is 2.27. The van der Waals surface area contributed by atoms with Crippen molar-refractivity contribution in [1.82, 2.24) is 4.98 Å². The van der Waals surface area contributed by atoms with Crippen molar-refractivity contribution < 1.29 is 13.2 Å². The molecule has 2 rings (SSSR count). The summed E-state index contributed by atoms with van der Waals surface area (Å²) in [6.07, 6.45) is 1.42. The van der Waals surface area contributed by atoms with Crippen LogP contribution in [0.4, 0.5) is 5.69 Å². The number of ether oxygens (including phenoxy) is 1. The molecule has 0 atom stereocenters. The fourth-order valence-corrected chi connectivity index (χ4v) is 2.66. The van der Waals surface area contributed by atoms with E-state index in [9.17, 15) is 8.42 Å². The van der Waals surface area contributed by atoms with E-state index in [1.54, 1.807) is 12.1 Å². The van der Waals surface area contributed by atoms with Crippen molar-refractivity contribution in [3.05, 3.63) is 47.7 Å². The van der Waals surface area contributed by atoms with Crippen LogP contribution in [0, 0.1) is 0 Å². The third-order valence-electron chi connectivity index (χ3n) is 2.35. The molecule has 1 N–H and O–H groups in total. The van der Waals surface area contributed by atoms with Crippen LogP contribution in [-0.4, -0.2) is 20.5 Å². The molecule has 0 spiro atoms. The van der Waals surface area contributed by atoms with E-state index in [4.69, 9.17) is 16.3 Å². The number of hydrogen-bond donors (Lipinski definition) is 1. The smallest absolute Gasteiger partial charge is 0.261 e. The lowest BCUT2D eigenvalue weighted by Gasteiger charge is -2.08. The molecule has 5 nitrogen and oxygen atoms in total. The Morgan fingerprint density at radius 2 is 1.89 bits per heavy atom. The SMILES string of the molecule is COc1ccc(S(=O)(=O)Nc2ccnc(Cl)c2)cc1. The summed E-state index contributed by atoms with van der Waals surface area (Å²) in [5, 5.41) is 0.218. The minimum Gasteiger partial charge on any atom is -0.497 e. The maximum absolute atomic E-state index is 12.1. The summed E-state index contributed by atoms with van der Waals surface area (Å²) >= 11 is 5.70. The molecule has 1 aromatic heterocycles. The average molecular weight is 299 g/mol. The maximum atomic E-state index is 12.1. The first-order valence-electron chi connectivity index (χ1n) is 5.30. The van der Waals surface area contributed by atoms with Gasteiger partial charge in [-0.1, -0.05) is 11.6 Å². The second kappa shape index (κ2) is 5.46. The zero-order valence-corrected chi connectivity index (χ0v) is 11.6. The highest BCUT2D eigenvalue weighted by atomic mass is 35.5. The zero-order chi connectivity index (χ0) is 13.9. The maximum Gasteiger partial charge on any atom is 0.261 e. The van der Waals surface area contributed by atoms with Crippen molar-refractivity contribution in [3.63, 3.8) is 0 Å². The van der Waals surface area contributed by atoms with Gasteiger partial charge < -0.3 is 4.74 Å². The largest absolute Gasteiger partial charge is 0.497 e. The molecule has 7 heteroatoms. The summed E-state index contributed by atoms with van der Waals surface area (Å²) in [5.41, 5.74) is 0.357. The van der Waals surface area contributed by atoms with Crippen LogP contribution in [0.1, 0.15) is 0 Å². The van der Waals surface area contributed by atoms with Crippen molar-refractivity contribution in [3.8, 4) is 5.75 Å². The Hall–Kier alpha value is -1.79. The highest BCUT2D eigenvalue weighted by molar-refractivity contribution is 7.92. The highest BCUT2D eigenvalue weighted by Gasteiger charge is 2.14. The molecular weight excluding hydrogens is 288 g/mol. The molecule has 0 radical (unpaired) electrons. The Morgan fingerprint density at radius 3 is 2.47 bits per heavy atom. The van der Waals surface area contributed by atoms with E-state index in [1.165, 1.54) is 37.6 Å². The van der Waals surface area contributed by atoms with Crippen molar-refractivity contribution in [2.75, 3.05) is 11.8 Å². The summed E-state index contributed by atoms with van der Waals surface area (Å²) in [6.45, 7) is 0. The lowest BCUT2D eigenvalue weighted by molar-refractivity contribution is 0.414. The molecule has 19 heavy (non-hydrogen) atoms. The van der Waals surface area contributed by atoms with E-state index >= 15 is 0 Å². The molecule has 0 aliphatic heterocycles. The van der Waals surface area contributed by atoms with Crippen LogP contribution in [0.25, 0.3) is 0 Å². The zero-order valence-electron chi connectivity index (χ0n) is 10.00. The standard InChI is InChI=1S/C12H11ClN2O3S/c1-18-10-2-4-11(5-3-10)19(16,17)15-9-6-7-14-12(13)8-9/h2-8H,1H3,(H,14,15). The number of benzene rings is 1. The van der Waals surface area contributed by atoms with E-state index in [0.717, 1.165) is 0 Å². The predicted molar refractivity (Wildman–Crippen MR) is 73.0 cm³/mol. The van der Waals surface area contributed by atoms with E-state index < -0.39 is 10.0 Å². The first-order chi connectivity index (χ1) is 9.01. The van der Waals surface area contributed by atoms with E-state index in [1.807, 2.05) is 0 Å². The number of aromatic nitrogens is 1. The molecule has 0 fully saturated rings. The quantitative estimate of drug-likeness (QED) is 0.881. The Kier molecular flexibility index (Phi) is 3.92. The topological polar surface area (TPSA) is 68.3 Å². The molecule has 100 valence electrons. The normalized spacial score (nSPS) is 11.1. The number of nitrogens with one attached hydrogen (secondary N) is 1. The van der Waals surface area contributed by atoms with Gasteiger partial charge in [-0.15, -0.1) is 0 Å². The van der Waals surface area contributed by atoms with Gasteiger partial charge in [-0.05, 0) is 36.4 Å². The highest BCUT2D eigenvalue weighted by Crippen LogP contribution is 2.20. The van der Waals surface area contributed by atoms with Gasteiger partial charge in [0.05, 0.1) is 17.7 Å². The van der Waals surface area contributed by atoms with Crippen LogP contribution in [0.3, 0.4) is 0 Å². The number of nitrogens with zero attached hydrogens (tertiary/aromatic N) is 1. The van der Waals surface area contributed by atoms with E-state index in [2.05, 4.69) is 9.71 Å². The van der Waals surface area contributed by atoms with Crippen molar-refractivity contribution in [1.29, 1.82) is 0 Å². The molecule has 0 saturated heterocycles. The van der Waals surface area contributed by atoms with Gasteiger partial charge in [-0.25, -0.2) is 13.4 Å². The second-order valence-electron chi connectivity index (χ2n) is 3.65. The van der Waals surface area contributed by atoms with Gasteiger partial charge in [-0.2, -0.15) is 0 Å². The van der Waals surface area contributed by atoms with Crippen molar-refractivity contribution in [2.45, 2.75) is 4.90 Å². The fourth-order valence-electron chi connectivity index (χ4n) is 1.43. The van der Waals surface area contributed by atoms with Crippen LogP contribution in [0.2, 0.25) is 5.15 Å². The molecule has 0 unspecified atom stereocenters. The van der Waals surface area contributed by atoms with E-state index in [-0.39, 0.29) is 10.0 Å². The lowest BCUT2D eigenvalue weighted by Crippen LogP contribution is -2.12. The number of hydrogen-bond acceptors (Lipinski definition) is 4. The summed E-state index contributed by atoms with van der Waals surface area (Å²) in [5.74, 6) is 0.589. The van der Waals surface area contributed by atoms with Gasteiger partial charge in [0, 0.05) is 6.20 Å². The first-order valence-corrected chi connectivity index (χ1v) is 7.16. The van der Waals surface area contributed by atoms with Gasteiger partial charge in [0.1, 0.15) is 10.9 Å². The van der Waals surface area contributed by atoms with Gasteiger partial charge in [0.15, 0.2) is 0 Å². The monoisotopic (exact) mass is 298 g/mol. The number of rotatable bonds is 4. The molecule has 0 saturated carbocycles. The summed E-state index contributed by atoms with van der Waals surface area (Å²) in [4.78, 5) is 3.92. The Bertz CT molecular complexity index is 672. The fraction of sp³-hybridized carbons (Fsp3) is 0.0833. The summed E-state index contributed by atoms with van der Waals surface area (Å²) in [6, 6.07) is 9.03. The number of pyridine rings is 1. The molecule has 1 aromatic carbocycles. The van der Waals surface area contributed by atoms with Crippen LogP contribution < -0.4 is 9.46 Å². The minimum atomic E-state index is -3.65. The van der Waals surface area contributed by atoms with Gasteiger partial charge in [0.25, 0.3) is 10.0 Å². The third-order valence-corrected chi connectivity index (χ3v) is 3.95. The summed E-state index contributed by atoms with van der Waals surface area (Å²) in [7, 11) is -2.13. The Morgan fingerprint density at radius 1 is 1.21 bits per heavy atom. The molecule has 2 aromatic rings. The van der Waals surface area contributed by atoms with Gasteiger partial charge >= 0.3 is 0 Å². The second-order valence-corrected chi connectivity index (χ2v) is 5.72. The number of sulfonamides is 1. The molecule has 0 amide bonds. The number of halogens is 1. The van der Waals surface area contributed by atoms with Crippen molar-refractivity contribution in [2.24, 2.45) is 0 Å². The minimum absolute atomic E-state index is 0.140. The molecule has 0 aliphatic carbocycles. The lowest BCUT2D eigenvalue weighted by atomic mass is 10.3. The van der Waals surface area contributed by atoms with Gasteiger partial charge in [-0.3, -0.25) is 4.72 Å². The summed E-state index contributed by atoms with van der Waals surface area (Å²) < 4.78 is 31.6. The van der Waals surface area contributed by atoms with Crippen molar-refractivity contribution >= 4 is 27.3 Å².